The van der Waals surface area contributed by atoms with Crippen molar-refractivity contribution in [3.05, 3.63) is 59.9 Å². The summed E-state index contributed by atoms with van der Waals surface area (Å²) >= 11 is 0. The molecule has 3 rings (SSSR count). The molecule has 0 saturated heterocycles. The van der Waals surface area contributed by atoms with Crippen molar-refractivity contribution in [1.82, 2.24) is 10.3 Å². The minimum atomic E-state index is -0.0254. The van der Waals surface area contributed by atoms with Gasteiger partial charge in [-0.05, 0) is 54.9 Å². The number of hydrogen-bond acceptors (Lipinski definition) is 3. The van der Waals surface area contributed by atoms with Gasteiger partial charge in [0.15, 0.2) is 0 Å². The number of hydrogen-bond donors (Lipinski definition) is 2. The molecule has 1 heterocycles. The third kappa shape index (κ3) is 5.18. The number of benzene rings is 1. The van der Waals surface area contributed by atoms with Crippen molar-refractivity contribution in [2.75, 3.05) is 5.32 Å². The van der Waals surface area contributed by atoms with Crippen LogP contribution in [-0.2, 0) is 16.1 Å². The highest BCUT2D eigenvalue weighted by molar-refractivity contribution is 5.93. The maximum Gasteiger partial charge on any atom is 0.227 e. The van der Waals surface area contributed by atoms with Crippen LogP contribution in [0.25, 0.3) is 0 Å². The van der Waals surface area contributed by atoms with Crippen LogP contribution >= 0.6 is 0 Å². The van der Waals surface area contributed by atoms with Gasteiger partial charge in [-0.3, -0.25) is 14.6 Å². The number of rotatable bonds is 6. The zero-order valence-electron chi connectivity index (χ0n) is 16.7. The van der Waals surface area contributed by atoms with Gasteiger partial charge in [-0.2, -0.15) is 0 Å². The number of nitrogens with zero attached hydrogens (tertiary/aromatic N) is 1. The molecule has 1 fully saturated rings. The van der Waals surface area contributed by atoms with E-state index < -0.39 is 0 Å². The molecule has 2 amide bonds. The first-order chi connectivity index (χ1) is 13.5. The maximum atomic E-state index is 12.7. The highest BCUT2D eigenvalue weighted by Crippen LogP contribution is 2.31. The Bertz CT molecular complexity index is 797. The van der Waals surface area contributed by atoms with Crippen LogP contribution in [0, 0.1) is 11.8 Å². The average molecular weight is 380 g/mol. The number of pyridine rings is 1. The Labute approximate surface area is 167 Å². The third-order valence-corrected chi connectivity index (χ3v) is 5.50. The van der Waals surface area contributed by atoms with E-state index in [9.17, 15) is 9.59 Å². The van der Waals surface area contributed by atoms with Crippen LogP contribution in [0.4, 0.5) is 5.69 Å². The molecule has 1 saturated carbocycles. The van der Waals surface area contributed by atoms with Crippen LogP contribution in [0.15, 0.2) is 48.8 Å². The van der Waals surface area contributed by atoms with Crippen molar-refractivity contribution in [2.45, 2.75) is 52.0 Å². The van der Waals surface area contributed by atoms with Crippen molar-refractivity contribution in [3.63, 3.8) is 0 Å². The van der Waals surface area contributed by atoms with Gasteiger partial charge in [0.25, 0.3) is 0 Å². The molecule has 0 spiro atoms. The summed E-state index contributed by atoms with van der Waals surface area (Å²) in [6, 6.07) is 11.8. The first kappa shape index (κ1) is 20.1. The van der Waals surface area contributed by atoms with E-state index in [0.29, 0.717) is 12.5 Å². The Balaban J connectivity index is 1.48. The molecule has 0 aliphatic heterocycles. The molecule has 1 aliphatic rings. The Morgan fingerprint density at radius 3 is 2.32 bits per heavy atom. The van der Waals surface area contributed by atoms with Gasteiger partial charge in [-0.1, -0.05) is 38.1 Å². The fourth-order valence-electron chi connectivity index (χ4n) is 3.80. The highest BCUT2D eigenvalue weighted by Gasteiger charge is 2.30. The molecule has 2 N–H and O–H groups in total. The number of amides is 2. The predicted molar refractivity (Wildman–Crippen MR) is 111 cm³/mol. The van der Waals surface area contributed by atoms with Gasteiger partial charge < -0.3 is 10.6 Å². The quantitative estimate of drug-likeness (QED) is 0.787. The molecule has 28 heavy (non-hydrogen) atoms. The lowest BCUT2D eigenvalue weighted by molar-refractivity contribution is -0.128. The van der Waals surface area contributed by atoms with Gasteiger partial charge in [0.1, 0.15) is 0 Å². The third-order valence-electron chi connectivity index (χ3n) is 5.50. The molecular weight excluding hydrogens is 350 g/mol. The maximum absolute atomic E-state index is 12.7. The van der Waals surface area contributed by atoms with Crippen LogP contribution in [0.5, 0.6) is 0 Å². The zero-order valence-corrected chi connectivity index (χ0v) is 16.7. The molecule has 1 aliphatic carbocycles. The number of anilines is 1. The summed E-state index contributed by atoms with van der Waals surface area (Å²) in [5.74, 6) is 0.470. The van der Waals surface area contributed by atoms with Gasteiger partial charge in [0.2, 0.25) is 11.8 Å². The van der Waals surface area contributed by atoms with Gasteiger partial charge in [-0.15, -0.1) is 0 Å². The molecule has 1 aromatic carbocycles. The first-order valence-electron chi connectivity index (χ1n) is 10.1. The monoisotopic (exact) mass is 379 g/mol. The second-order valence-corrected chi connectivity index (χ2v) is 7.86. The lowest BCUT2D eigenvalue weighted by Gasteiger charge is -2.27. The summed E-state index contributed by atoms with van der Waals surface area (Å²) in [4.78, 5) is 29.2. The van der Waals surface area contributed by atoms with Gasteiger partial charge in [-0.25, -0.2) is 0 Å². The van der Waals surface area contributed by atoms with Crippen molar-refractivity contribution in [2.24, 2.45) is 11.8 Å². The van der Waals surface area contributed by atoms with Gasteiger partial charge in [0.05, 0.1) is 0 Å². The molecule has 5 heteroatoms. The summed E-state index contributed by atoms with van der Waals surface area (Å²) in [5, 5.41) is 6.10. The minimum absolute atomic E-state index is 0.0105. The van der Waals surface area contributed by atoms with Crippen molar-refractivity contribution >= 4 is 17.5 Å². The standard InChI is InChI=1S/C23H29N3O2/c1-16(2)20-7-3-4-8-21(20)26-23(28)19-11-9-18(10-12-19)22(27)25-15-17-6-5-13-24-14-17/h3-8,13-14,16,18-19H,9-12,15H2,1-2H3,(H,25,27)(H,26,28). The normalized spacial score (nSPS) is 19.2. The lowest BCUT2D eigenvalue weighted by atomic mass is 9.81. The molecule has 0 unspecified atom stereocenters. The smallest absolute Gasteiger partial charge is 0.227 e. The molecule has 0 radical (unpaired) electrons. The molecule has 148 valence electrons. The van der Waals surface area contributed by atoms with E-state index in [0.717, 1.165) is 42.5 Å². The predicted octanol–water partition coefficient (Wildman–Crippen LogP) is 4.27. The minimum Gasteiger partial charge on any atom is -0.352 e. The molecule has 0 bridgehead atoms. The first-order valence-corrected chi connectivity index (χ1v) is 10.1. The van der Waals surface area contributed by atoms with E-state index in [2.05, 4.69) is 35.5 Å². The van der Waals surface area contributed by atoms with E-state index in [1.54, 1.807) is 12.4 Å². The number of aromatic nitrogens is 1. The molecular formula is C23H29N3O2. The molecule has 0 atom stereocenters. The molecule has 1 aromatic heterocycles. The van der Waals surface area contributed by atoms with Gasteiger partial charge in [0, 0.05) is 36.5 Å². The van der Waals surface area contributed by atoms with Crippen LogP contribution in [-0.4, -0.2) is 16.8 Å². The van der Waals surface area contributed by atoms with Crippen molar-refractivity contribution in [1.29, 1.82) is 0 Å². The second-order valence-electron chi connectivity index (χ2n) is 7.86. The number of carbonyl (C=O) groups excluding carboxylic acids is 2. The molecule has 5 nitrogen and oxygen atoms in total. The van der Waals surface area contributed by atoms with E-state index in [4.69, 9.17) is 0 Å². The Morgan fingerprint density at radius 2 is 1.68 bits per heavy atom. The van der Waals surface area contributed by atoms with Crippen LogP contribution in [0.2, 0.25) is 0 Å². The second kappa shape index (κ2) is 9.49. The van der Waals surface area contributed by atoms with Gasteiger partial charge >= 0.3 is 0 Å². The van der Waals surface area contributed by atoms with Crippen molar-refractivity contribution in [3.8, 4) is 0 Å². The number of carbonyl (C=O) groups is 2. The summed E-state index contributed by atoms with van der Waals surface area (Å²) in [5.41, 5.74) is 3.05. The van der Waals surface area contributed by atoms with E-state index >= 15 is 0 Å². The van der Waals surface area contributed by atoms with Crippen LogP contribution in [0.3, 0.4) is 0 Å². The zero-order chi connectivity index (χ0) is 19.9. The summed E-state index contributed by atoms with van der Waals surface area (Å²) in [7, 11) is 0. The Morgan fingerprint density at radius 1 is 1.00 bits per heavy atom. The van der Waals surface area contributed by atoms with Crippen molar-refractivity contribution < 1.29 is 9.59 Å². The Hall–Kier alpha value is -2.69. The Kier molecular flexibility index (Phi) is 6.80. The SMILES string of the molecule is CC(C)c1ccccc1NC(=O)C1CCC(C(=O)NCc2cccnc2)CC1. The lowest BCUT2D eigenvalue weighted by Crippen LogP contribution is -2.35. The largest absolute Gasteiger partial charge is 0.352 e. The fraction of sp³-hybridized carbons (Fsp3) is 0.435. The average Bonchev–Trinajstić information content (AvgIpc) is 2.73. The van der Waals surface area contributed by atoms with E-state index in [1.807, 2.05) is 30.3 Å². The highest BCUT2D eigenvalue weighted by atomic mass is 16.2. The van der Waals surface area contributed by atoms with Crippen LogP contribution in [0.1, 0.15) is 56.6 Å². The topological polar surface area (TPSA) is 71.1 Å². The summed E-state index contributed by atoms with van der Waals surface area (Å²) in [6.45, 7) is 4.75. The summed E-state index contributed by atoms with van der Waals surface area (Å²) < 4.78 is 0. The van der Waals surface area contributed by atoms with Crippen LogP contribution < -0.4 is 10.6 Å². The molecule has 2 aromatic rings. The number of para-hydroxylation sites is 1. The fourth-order valence-corrected chi connectivity index (χ4v) is 3.80. The van der Waals surface area contributed by atoms with E-state index in [-0.39, 0.29) is 23.7 Å². The number of nitrogens with one attached hydrogen (secondary N) is 2. The summed E-state index contributed by atoms with van der Waals surface area (Å²) in [6.07, 6.45) is 6.49. The van der Waals surface area contributed by atoms with E-state index in [1.165, 1.54) is 0 Å².